The second-order valence-corrected chi connectivity index (χ2v) is 5.00. The molecule has 3 rings (SSSR count). The molecule has 0 aliphatic carbocycles. The summed E-state index contributed by atoms with van der Waals surface area (Å²) in [7, 11) is 0. The van der Waals surface area contributed by atoms with Gasteiger partial charge in [-0.05, 0) is 18.2 Å². The normalized spacial score (nSPS) is 10.5. The molecule has 3 aromatic rings. The Kier molecular flexibility index (Phi) is 3.17. The summed E-state index contributed by atoms with van der Waals surface area (Å²) < 4.78 is 0. The van der Waals surface area contributed by atoms with Gasteiger partial charge in [0.2, 0.25) is 0 Å². The molecule has 0 bridgehead atoms. The van der Waals surface area contributed by atoms with Crippen LogP contribution in [0.4, 0.5) is 0 Å². The van der Waals surface area contributed by atoms with Crippen molar-refractivity contribution in [2.45, 2.75) is 4.90 Å². The number of thioether (sulfide) groups is 1. The molecule has 0 aliphatic rings. The number of aromatic amines is 1. The van der Waals surface area contributed by atoms with Crippen LogP contribution < -0.4 is 0 Å². The zero-order valence-electron chi connectivity index (χ0n) is 10.00. The molecule has 5 heteroatoms. The van der Waals surface area contributed by atoms with Gasteiger partial charge < -0.3 is 4.98 Å². The van der Waals surface area contributed by atoms with E-state index in [-0.39, 0.29) is 0 Å². The Morgan fingerprint density at radius 3 is 3.11 bits per heavy atom. The third kappa shape index (κ3) is 2.44. The van der Waals surface area contributed by atoms with Crippen molar-refractivity contribution >= 4 is 22.8 Å². The third-order valence-corrected chi connectivity index (χ3v) is 3.56. The van der Waals surface area contributed by atoms with Gasteiger partial charge in [-0.2, -0.15) is 5.26 Å². The second-order valence-electron chi connectivity index (χ2n) is 3.95. The average molecular weight is 266 g/mol. The van der Waals surface area contributed by atoms with Crippen LogP contribution in [0.15, 0.2) is 47.6 Å². The molecule has 0 atom stereocenters. The summed E-state index contributed by atoms with van der Waals surface area (Å²) in [5.74, 6) is 1.27. The summed E-state index contributed by atoms with van der Waals surface area (Å²) in [6, 6.07) is 12.0. The van der Waals surface area contributed by atoms with E-state index in [1.54, 1.807) is 12.4 Å². The predicted octanol–water partition coefficient (Wildman–Crippen LogP) is 3.24. The molecule has 1 N–H and O–H groups in total. The number of H-pyrrole nitrogens is 1. The standard InChI is InChI=1S/C14H10N4S/c15-5-7-19-11-3-1-2-10(8-11)14-17-12-4-6-16-9-13(12)18-14/h1-4,6,8-9H,7H2,(H,17,18). The van der Waals surface area contributed by atoms with Crippen LogP contribution in [0, 0.1) is 11.3 Å². The van der Waals surface area contributed by atoms with E-state index in [2.05, 4.69) is 21.0 Å². The smallest absolute Gasteiger partial charge is 0.138 e. The highest BCUT2D eigenvalue weighted by molar-refractivity contribution is 7.99. The Labute approximate surface area is 114 Å². The van der Waals surface area contributed by atoms with Crippen molar-refractivity contribution in [3.8, 4) is 17.5 Å². The van der Waals surface area contributed by atoms with Crippen molar-refractivity contribution in [1.82, 2.24) is 15.0 Å². The number of imidazole rings is 1. The van der Waals surface area contributed by atoms with Crippen molar-refractivity contribution in [3.63, 3.8) is 0 Å². The van der Waals surface area contributed by atoms with Crippen LogP contribution in [-0.2, 0) is 0 Å². The van der Waals surface area contributed by atoms with Crippen LogP contribution in [0.5, 0.6) is 0 Å². The second kappa shape index (κ2) is 5.12. The molecule has 19 heavy (non-hydrogen) atoms. The third-order valence-electron chi connectivity index (χ3n) is 2.70. The van der Waals surface area contributed by atoms with Gasteiger partial charge in [-0.3, -0.25) is 4.98 Å². The van der Waals surface area contributed by atoms with E-state index < -0.39 is 0 Å². The number of nitriles is 1. The minimum absolute atomic E-state index is 0.452. The molecule has 1 aromatic carbocycles. The number of hydrogen-bond acceptors (Lipinski definition) is 4. The van der Waals surface area contributed by atoms with Crippen LogP contribution in [0.3, 0.4) is 0 Å². The van der Waals surface area contributed by atoms with E-state index in [0.29, 0.717) is 5.75 Å². The maximum atomic E-state index is 8.61. The quantitative estimate of drug-likeness (QED) is 0.739. The van der Waals surface area contributed by atoms with Crippen LogP contribution in [0.1, 0.15) is 0 Å². The van der Waals surface area contributed by atoms with Crippen molar-refractivity contribution in [2.24, 2.45) is 0 Å². The molecule has 2 aromatic heterocycles. The Balaban J connectivity index is 1.99. The summed E-state index contributed by atoms with van der Waals surface area (Å²) in [6.07, 6.45) is 3.48. The molecule has 0 unspecified atom stereocenters. The summed E-state index contributed by atoms with van der Waals surface area (Å²) in [5, 5.41) is 8.61. The fourth-order valence-corrected chi connectivity index (χ4v) is 2.46. The van der Waals surface area contributed by atoms with Gasteiger partial charge >= 0.3 is 0 Å². The Bertz CT molecular complexity index is 724. The number of pyridine rings is 1. The van der Waals surface area contributed by atoms with E-state index >= 15 is 0 Å². The number of nitrogens with one attached hydrogen (secondary N) is 1. The van der Waals surface area contributed by atoms with Gasteiger partial charge in [0.05, 0.1) is 23.5 Å². The van der Waals surface area contributed by atoms with Gasteiger partial charge in [0, 0.05) is 16.7 Å². The lowest BCUT2D eigenvalue weighted by molar-refractivity contribution is 1.31. The fraction of sp³-hybridized carbons (Fsp3) is 0.0714. The van der Waals surface area contributed by atoms with E-state index in [0.717, 1.165) is 27.3 Å². The number of aromatic nitrogens is 3. The summed E-state index contributed by atoms with van der Waals surface area (Å²) in [6.45, 7) is 0. The molecular formula is C14H10N4S. The minimum atomic E-state index is 0.452. The molecule has 0 saturated heterocycles. The van der Waals surface area contributed by atoms with Crippen molar-refractivity contribution < 1.29 is 0 Å². The maximum Gasteiger partial charge on any atom is 0.138 e. The van der Waals surface area contributed by atoms with Crippen LogP contribution in [0.2, 0.25) is 0 Å². The van der Waals surface area contributed by atoms with Crippen LogP contribution in [0.25, 0.3) is 22.4 Å². The molecule has 0 saturated carbocycles. The van der Waals surface area contributed by atoms with Gasteiger partial charge in [0.15, 0.2) is 0 Å². The Hall–Kier alpha value is -2.32. The highest BCUT2D eigenvalue weighted by atomic mass is 32.2. The zero-order valence-corrected chi connectivity index (χ0v) is 10.8. The summed E-state index contributed by atoms with van der Waals surface area (Å²) >= 11 is 1.52. The lowest BCUT2D eigenvalue weighted by Gasteiger charge is -2.00. The van der Waals surface area contributed by atoms with E-state index in [1.165, 1.54) is 11.8 Å². The highest BCUT2D eigenvalue weighted by Crippen LogP contribution is 2.25. The Morgan fingerprint density at radius 2 is 2.26 bits per heavy atom. The van der Waals surface area contributed by atoms with Crippen molar-refractivity contribution in [2.75, 3.05) is 5.75 Å². The lowest BCUT2D eigenvalue weighted by Crippen LogP contribution is -1.81. The SMILES string of the molecule is N#CCSc1cccc(-c2nc3cnccc3[nH]2)c1. The molecule has 0 aliphatic heterocycles. The van der Waals surface area contributed by atoms with Crippen LogP contribution >= 0.6 is 11.8 Å². The van der Waals surface area contributed by atoms with Crippen LogP contribution in [-0.4, -0.2) is 20.7 Å². The summed E-state index contributed by atoms with van der Waals surface area (Å²) in [5.41, 5.74) is 2.84. The van der Waals surface area contributed by atoms with Crippen molar-refractivity contribution in [3.05, 3.63) is 42.7 Å². The average Bonchev–Trinajstić information content (AvgIpc) is 2.89. The Morgan fingerprint density at radius 1 is 1.32 bits per heavy atom. The van der Waals surface area contributed by atoms with Gasteiger partial charge in [-0.1, -0.05) is 12.1 Å². The first-order valence-electron chi connectivity index (χ1n) is 5.77. The number of nitrogens with zero attached hydrogens (tertiary/aromatic N) is 3. The van der Waals surface area contributed by atoms with E-state index in [4.69, 9.17) is 5.26 Å². The maximum absolute atomic E-state index is 8.61. The van der Waals surface area contributed by atoms with Gasteiger partial charge in [0.1, 0.15) is 11.3 Å². The molecular weight excluding hydrogens is 256 g/mol. The fourth-order valence-electron chi connectivity index (χ4n) is 1.84. The number of fused-ring (bicyclic) bond motifs is 1. The monoisotopic (exact) mass is 266 g/mol. The molecule has 0 radical (unpaired) electrons. The largest absolute Gasteiger partial charge is 0.338 e. The molecule has 4 nitrogen and oxygen atoms in total. The number of benzene rings is 1. The predicted molar refractivity (Wildman–Crippen MR) is 75.7 cm³/mol. The first-order chi connectivity index (χ1) is 9.36. The summed E-state index contributed by atoms with van der Waals surface area (Å²) in [4.78, 5) is 12.9. The number of rotatable bonds is 3. The highest BCUT2D eigenvalue weighted by Gasteiger charge is 2.05. The first-order valence-corrected chi connectivity index (χ1v) is 6.75. The zero-order chi connectivity index (χ0) is 13.1. The van der Waals surface area contributed by atoms with Gasteiger partial charge in [-0.25, -0.2) is 4.98 Å². The molecule has 0 fully saturated rings. The minimum Gasteiger partial charge on any atom is -0.338 e. The topological polar surface area (TPSA) is 65.4 Å². The molecule has 92 valence electrons. The molecule has 0 amide bonds. The first kappa shape index (κ1) is 11.8. The van der Waals surface area contributed by atoms with E-state index in [1.807, 2.05) is 30.3 Å². The lowest BCUT2D eigenvalue weighted by atomic mass is 10.2. The van der Waals surface area contributed by atoms with E-state index in [9.17, 15) is 0 Å². The molecule has 2 heterocycles. The molecule has 0 spiro atoms. The van der Waals surface area contributed by atoms with Gasteiger partial charge in [0.25, 0.3) is 0 Å². The number of hydrogen-bond donors (Lipinski definition) is 1. The van der Waals surface area contributed by atoms with Crippen molar-refractivity contribution in [1.29, 1.82) is 5.26 Å². The van der Waals surface area contributed by atoms with Gasteiger partial charge in [-0.15, -0.1) is 11.8 Å².